The first-order valence-corrected chi connectivity index (χ1v) is 7.46. The number of benzene rings is 1. The van der Waals surface area contributed by atoms with Gasteiger partial charge in [0.15, 0.2) is 0 Å². The molecule has 1 fully saturated rings. The maximum absolute atomic E-state index is 13.0. The van der Waals surface area contributed by atoms with E-state index in [1.165, 1.54) is 18.5 Å². The first-order chi connectivity index (χ1) is 10.1. The van der Waals surface area contributed by atoms with E-state index in [0.29, 0.717) is 5.82 Å². The van der Waals surface area contributed by atoms with Gasteiger partial charge >= 0.3 is 0 Å². The maximum Gasteiger partial charge on any atom is 0.148 e. The van der Waals surface area contributed by atoms with E-state index in [0.717, 1.165) is 42.2 Å². The van der Waals surface area contributed by atoms with E-state index in [9.17, 15) is 4.39 Å². The Bertz CT molecular complexity index is 626. The first-order valence-electron chi connectivity index (χ1n) is 6.66. The highest BCUT2D eigenvalue weighted by Crippen LogP contribution is 2.28. The van der Waals surface area contributed by atoms with Gasteiger partial charge < -0.3 is 15.5 Å². The third kappa shape index (κ3) is 2.92. The quantitative estimate of drug-likeness (QED) is 0.899. The fraction of sp³-hybridized carbons (Fsp3) is 0.286. The highest BCUT2D eigenvalue weighted by atomic mass is 79.9. The van der Waals surface area contributed by atoms with E-state index in [-0.39, 0.29) is 5.82 Å². The van der Waals surface area contributed by atoms with Crippen LogP contribution in [0.15, 0.2) is 35.1 Å². The van der Waals surface area contributed by atoms with Crippen LogP contribution in [0.4, 0.5) is 21.7 Å². The molecule has 1 saturated heterocycles. The van der Waals surface area contributed by atoms with E-state index >= 15 is 0 Å². The summed E-state index contributed by atoms with van der Waals surface area (Å²) in [7, 11) is 0. The number of piperazine rings is 1. The minimum atomic E-state index is -0.210. The van der Waals surface area contributed by atoms with Crippen molar-refractivity contribution in [1.82, 2.24) is 9.97 Å². The molecule has 1 aliphatic rings. The Labute approximate surface area is 130 Å². The molecule has 21 heavy (non-hydrogen) atoms. The number of hydrogen-bond donors (Lipinski definition) is 1. The second-order valence-corrected chi connectivity index (χ2v) is 5.64. The van der Waals surface area contributed by atoms with Crippen LogP contribution in [0.5, 0.6) is 0 Å². The average Bonchev–Trinajstić information content (AvgIpc) is 2.51. The van der Waals surface area contributed by atoms with Gasteiger partial charge in [0.1, 0.15) is 28.3 Å². The number of aromatic nitrogens is 2. The lowest BCUT2D eigenvalue weighted by atomic mass is 10.2. The fourth-order valence-electron chi connectivity index (χ4n) is 2.42. The second kappa shape index (κ2) is 5.85. The zero-order chi connectivity index (χ0) is 14.8. The van der Waals surface area contributed by atoms with Crippen molar-refractivity contribution >= 4 is 33.3 Å². The van der Waals surface area contributed by atoms with E-state index in [1.54, 1.807) is 0 Å². The molecule has 1 aliphatic heterocycles. The number of nitrogens with zero attached hydrogens (tertiary/aromatic N) is 4. The van der Waals surface area contributed by atoms with Crippen LogP contribution in [0.3, 0.4) is 0 Å². The summed E-state index contributed by atoms with van der Waals surface area (Å²) in [5, 5.41) is 0. The van der Waals surface area contributed by atoms with Crippen LogP contribution < -0.4 is 15.5 Å². The van der Waals surface area contributed by atoms with Gasteiger partial charge in [-0.05, 0) is 40.2 Å². The number of rotatable bonds is 2. The lowest BCUT2D eigenvalue weighted by Gasteiger charge is -2.37. The van der Waals surface area contributed by atoms with Crippen molar-refractivity contribution in [2.24, 2.45) is 0 Å². The van der Waals surface area contributed by atoms with Crippen LogP contribution in [0, 0.1) is 5.82 Å². The van der Waals surface area contributed by atoms with Crippen LogP contribution in [0.2, 0.25) is 0 Å². The lowest BCUT2D eigenvalue weighted by Crippen LogP contribution is -2.47. The van der Waals surface area contributed by atoms with E-state index < -0.39 is 0 Å². The van der Waals surface area contributed by atoms with Crippen molar-refractivity contribution in [2.75, 3.05) is 41.7 Å². The lowest BCUT2D eigenvalue weighted by molar-refractivity contribution is 0.624. The fourth-order valence-corrected chi connectivity index (χ4v) is 2.88. The molecule has 1 aromatic carbocycles. The van der Waals surface area contributed by atoms with Gasteiger partial charge in [-0.15, -0.1) is 0 Å². The third-order valence-electron chi connectivity index (χ3n) is 3.57. The van der Waals surface area contributed by atoms with Crippen molar-refractivity contribution < 1.29 is 4.39 Å². The van der Waals surface area contributed by atoms with Gasteiger partial charge in [-0.2, -0.15) is 0 Å². The summed E-state index contributed by atoms with van der Waals surface area (Å²) in [6.07, 6.45) is 1.47. The van der Waals surface area contributed by atoms with Crippen molar-refractivity contribution in [3.05, 3.63) is 40.9 Å². The number of nitrogen functional groups attached to an aromatic ring is 1. The molecule has 0 radical (unpaired) electrons. The number of halogens is 2. The SMILES string of the molecule is Nc1ncnc(N2CCN(c3ccc(F)cc3)CC2)c1Br. The highest BCUT2D eigenvalue weighted by Gasteiger charge is 2.21. The zero-order valence-electron chi connectivity index (χ0n) is 11.3. The molecular weight excluding hydrogens is 337 g/mol. The smallest absolute Gasteiger partial charge is 0.148 e. The normalized spacial score (nSPS) is 15.3. The second-order valence-electron chi connectivity index (χ2n) is 4.85. The molecule has 2 aromatic rings. The number of nitrogens with two attached hydrogens (primary N) is 1. The summed E-state index contributed by atoms with van der Waals surface area (Å²) in [4.78, 5) is 12.6. The van der Waals surface area contributed by atoms with Crippen molar-refractivity contribution in [3.8, 4) is 0 Å². The van der Waals surface area contributed by atoms with Gasteiger partial charge in [-0.1, -0.05) is 0 Å². The molecule has 0 atom stereocenters. The maximum atomic E-state index is 13.0. The minimum Gasteiger partial charge on any atom is -0.383 e. The van der Waals surface area contributed by atoms with Gasteiger partial charge in [0.2, 0.25) is 0 Å². The van der Waals surface area contributed by atoms with Crippen LogP contribution in [-0.2, 0) is 0 Å². The molecule has 0 bridgehead atoms. The highest BCUT2D eigenvalue weighted by molar-refractivity contribution is 9.10. The van der Waals surface area contributed by atoms with Gasteiger partial charge in [0, 0.05) is 31.9 Å². The molecule has 110 valence electrons. The van der Waals surface area contributed by atoms with E-state index in [4.69, 9.17) is 5.73 Å². The van der Waals surface area contributed by atoms with E-state index in [1.807, 2.05) is 12.1 Å². The predicted octanol–water partition coefficient (Wildman–Crippen LogP) is 2.29. The molecule has 3 rings (SSSR count). The largest absolute Gasteiger partial charge is 0.383 e. The minimum absolute atomic E-state index is 0.210. The molecule has 2 N–H and O–H groups in total. The Balaban J connectivity index is 1.70. The molecule has 0 spiro atoms. The monoisotopic (exact) mass is 351 g/mol. The number of hydrogen-bond acceptors (Lipinski definition) is 5. The molecule has 0 saturated carbocycles. The zero-order valence-corrected chi connectivity index (χ0v) is 12.9. The Morgan fingerprint density at radius 3 is 2.29 bits per heavy atom. The van der Waals surface area contributed by atoms with Gasteiger partial charge in [-0.25, -0.2) is 14.4 Å². The van der Waals surface area contributed by atoms with Gasteiger partial charge in [0.05, 0.1) is 0 Å². The average molecular weight is 352 g/mol. The topological polar surface area (TPSA) is 58.3 Å². The Morgan fingerprint density at radius 1 is 1.00 bits per heavy atom. The third-order valence-corrected chi connectivity index (χ3v) is 4.33. The summed E-state index contributed by atoms with van der Waals surface area (Å²) in [5.41, 5.74) is 6.83. The van der Waals surface area contributed by atoms with Crippen molar-refractivity contribution in [2.45, 2.75) is 0 Å². The van der Waals surface area contributed by atoms with Gasteiger partial charge in [0.25, 0.3) is 0 Å². The Kier molecular flexibility index (Phi) is 3.92. The summed E-state index contributed by atoms with van der Waals surface area (Å²) in [5.74, 6) is 1.06. The van der Waals surface area contributed by atoms with Crippen LogP contribution in [0.25, 0.3) is 0 Å². The summed E-state index contributed by atoms with van der Waals surface area (Å²) < 4.78 is 13.7. The standard InChI is InChI=1S/C14H15BrFN5/c15-12-13(17)18-9-19-14(12)21-7-5-20(6-8-21)11-3-1-10(16)2-4-11/h1-4,9H,5-8H2,(H2,17,18,19). The Morgan fingerprint density at radius 2 is 1.62 bits per heavy atom. The van der Waals surface area contributed by atoms with E-state index in [2.05, 4.69) is 35.7 Å². The van der Waals surface area contributed by atoms with Gasteiger partial charge in [-0.3, -0.25) is 0 Å². The molecule has 0 amide bonds. The Hall–Kier alpha value is -1.89. The molecule has 2 heterocycles. The first kappa shape index (κ1) is 14.1. The summed E-state index contributed by atoms with van der Waals surface area (Å²) in [6.45, 7) is 3.35. The molecular formula is C14H15BrFN5. The molecule has 7 heteroatoms. The van der Waals surface area contributed by atoms with Crippen LogP contribution >= 0.6 is 15.9 Å². The number of anilines is 3. The molecule has 1 aromatic heterocycles. The predicted molar refractivity (Wildman–Crippen MR) is 85.0 cm³/mol. The van der Waals surface area contributed by atoms with Crippen LogP contribution in [-0.4, -0.2) is 36.1 Å². The summed E-state index contributed by atoms with van der Waals surface area (Å²) in [6, 6.07) is 6.60. The molecule has 5 nitrogen and oxygen atoms in total. The molecule has 0 unspecified atom stereocenters. The van der Waals surface area contributed by atoms with Crippen molar-refractivity contribution in [3.63, 3.8) is 0 Å². The molecule has 0 aliphatic carbocycles. The summed E-state index contributed by atoms with van der Waals surface area (Å²) >= 11 is 3.44. The van der Waals surface area contributed by atoms with Crippen molar-refractivity contribution in [1.29, 1.82) is 0 Å². The van der Waals surface area contributed by atoms with Crippen LogP contribution in [0.1, 0.15) is 0 Å².